The summed E-state index contributed by atoms with van der Waals surface area (Å²) in [6.07, 6.45) is 7.83. The van der Waals surface area contributed by atoms with E-state index in [1.807, 2.05) is 7.11 Å². The largest absolute Gasteiger partial charge is 0.393 e. The lowest BCUT2D eigenvalue weighted by Gasteiger charge is -2.40. The van der Waals surface area contributed by atoms with Crippen LogP contribution in [0.2, 0.25) is 0 Å². The first-order valence-corrected chi connectivity index (χ1v) is 7.17. The van der Waals surface area contributed by atoms with Crippen LogP contribution in [0.4, 0.5) is 0 Å². The highest BCUT2D eigenvalue weighted by Gasteiger charge is 2.30. The maximum atomic E-state index is 5.73. The number of methoxy groups -OCH3 is 1. The van der Waals surface area contributed by atoms with Gasteiger partial charge in [-0.1, -0.05) is 12.2 Å². The molecule has 1 aliphatic carbocycles. The lowest BCUT2D eigenvalue weighted by Crippen LogP contribution is -2.46. The lowest BCUT2D eigenvalue weighted by molar-refractivity contribution is 0.0205. The summed E-state index contributed by atoms with van der Waals surface area (Å²) in [6.45, 7) is 2.31. The van der Waals surface area contributed by atoms with Gasteiger partial charge in [0.2, 0.25) is 0 Å². The summed E-state index contributed by atoms with van der Waals surface area (Å²) >= 11 is 5.09. The first kappa shape index (κ1) is 13.2. The standard InChI is InChI=1S/C13H24N2OS/c1-16-12-4-2-3-11(9-12)15-7-5-10(6-8-15)13(14)17/h10-12H,2-9H2,1H3,(H2,14,17). The van der Waals surface area contributed by atoms with Crippen molar-refractivity contribution in [3.63, 3.8) is 0 Å². The highest BCUT2D eigenvalue weighted by molar-refractivity contribution is 7.80. The molecule has 0 aromatic heterocycles. The fraction of sp³-hybridized carbons (Fsp3) is 0.923. The molecule has 0 amide bonds. The Kier molecular flexibility index (Phi) is 4.77. The molecule has 2 rings (SSSR count). The number of ether oxygens (including phenoxy) is 1. The van der Waals surface area contributed by atoms with Gasteiger partial charge in [0.1, 0.15) is 0 Å². The van der Waals surface area contributed by atoms with Crippen molar-refractivity contribution >= 4 is 17.2 Å². The van der Waals surface area contributed by atoms with E-state index in [0.717, 1.165) is 32.0 Å². The molecule has 0 bridgehead atoms. The van der Waals surface area contributed by atoms with E-state index in [4.69, 9.17) is 22.7 Å². The minimum atomic E-state index is 0.474. The van der Waals surface area contributed by atoms with E-state index < -0.39 is 0 Å². The van der Waals surface area contributed by atoms with E-state index in [1.54, 1.807) is 0 Å². The number of nitrogens with two attached hydrogens (primary N) is 1. The fourth-order valence-corrected chi connectivity index (χ4v) is 3.45. The molecule has 0 aromatic carbocycles. The molecule has 0 radical (unpaired) electrons. The molecule has 2 N–H and O–H groups in total. The van der Waals surface area contributed by atoms with E-state index in [1.165, 1.54) is 25.7 Å². The first-order valence-electron chi connectivity index (χ1n) is 6.77. The molecule has 0 aromatic rings. The number of hydrogen-bond acceptors (Lipinski definition) is 3. The second-order valence-electron chi connectivity index (χ2n) is 5.39. The molecule has 1 aliphatic heterocycles. The normalized spacial score (nSPS) is 32.5. The number of thiocarbonyl (C=S) groups is 1. The molecule has 4 heteroatoms. The highest BCUT2D eigenvalue weighted by Crippen LogP contribution is 2.28. The molecule has 2 unspecified atom stereocenters. The summed E-state index contributed by atoms with van der Waals surface area (Å²) in [5.74, 6) is 0.475. The van der Waals surface area contributed by atoms with Gasteiger partial charge in [-0.15, -0.1) is 0 Å². The second kappa shape index (κ2) is 6.12. The third kappa shape index (κ3) is 3.39. The Morgan fingerprint density at radius 3 is 2.53 bits per heavy atom. The average Bonchev–Trinajstić information content (AvgIpc) is 2.39. The van der Waals surface area contributed by atoms with Crippen LogP contribution in [0.5, 0.6) is 0 Å². The molecular formula is C13H24N2OS. The Morgan fingerprint density at radius 1 is 1.24 bits per heavy atom. The van der Waals surface area contributed by atoms with E-state index in [0.29, 0.717) is 17.0 Å². The number of hydrogen-bond donors (Lipinski definition) is 1. The summed E-state index contributed by atoms with van der Waals surface area (Å²) < 4.78 is 5.50. The van der Waals surface area contributed by atoms with Gasteiger partial charge in [-0.2, -0.15) is 0 Å². The van der Waals surface area contributed by atoms with Crippen LogP contribution in [0.1, 0.15) is 38.5 Å². The molecule has 2 atom stereocenters. The van der Waals surface area contributed by atoms with Crippen molar-refractivity contribution in [3.8, 4) is 0 Å². The van der Waals surface area contributed by atoms with Crippen LogP contribution in [0.15, 0.2) is 0 Å². The van der Waals surface area contributed by atoms with Gasteiger partial charge in [0, 0.05) is 19.1 Å². The quantitative estimate of drug-likeness (QED) is 0.783. The van der Waals surface area contributed by atoms with Crippen molar-refractivity contribution in [3.05, 3.63) is 0 Å². The van der Waals surface area contributed by atoms with Crippen LogP contribution < -0.4 is 5.73 Å². The van der Waals surface area contributed by atoms with E-state index >= 15 is 0 Å². The number of nitrogens with zero attached hydrogens (tertiary/aromatic N) is 1. The minimum Gasteiger partial charge on any atom is -0.393 e. The Hall–Kier alpha value is -0.190. The zero-order valence-electron chi connectivity index (χ0n) is 10.7. The van der Waals surface area contributed by atoms with Gasteiger partial charge < -0.3 is 15.4 Å². The van der Waals surface area contributed by atoms with Gasteiger partial charge in [-0.05, 0) is 51.6 Å². The maximum absolute atomic E-state index is 5.73. The molecule has 1 heterocycles. The zero-order valence-corrected chi connectivity index (χ0v) is 11.5. The predicted octanol–water partition coefficient (Wildman–Crippen LogP) is 1.94. The summed E-state index contributed by atoms with van der Waals surface area (Å²) in [4.78, 5) is 3.34. The molecule has 98 valence electrons. The molecule has 2 fully saturated rings. The maximum Gasteiger partial charge on any atom is 0.0759 e. The van der Waals surface area contributed by atoms with Gasteiger partial charge in [0.05, 0.1) is 11.1 Å². The SMILES string of the molecule is COC1CCCC(N2CCC(C(N)=S)CC2)C1. The van der Waals surface area contributed by atoms with Crippen molar-refractivity contribution in [2.75, 3.05) is 20.2 Å². The molecule has 1 saturated carbocycles. The van der Waals surface area contributed by atoms with E-state index in [2.05, 4.69) is 4.90 Å². The molecular weight excluding hydrogens is 232 g/mol. The molecule has 1 saturated heterocycles. The van der Waals surface area contributed by atoms with Crippen molar-refractivity contribution < 1.29 is 4.74 Å². The summed E-state index contributed by atoms with van der Waals surface area (Å²) in [5, 5.41) is 0. The predicted molar refractivity (Wildman–Crippen MR) is 74.1 cm³/mol. The van der Waals surface area contributed by atoms with Crippen LogP contribution >= 0.6 is 12.2 Å². The molecule has 3 nitrogen and oxygen atoms in total. The summed E-state index contributed by atoms with van der Waals surface area (Å²) in [7, 11) is 1.84. The second-order valence-corrected chi connectivity index (χ2v) is 5.86. The number of rotatable bonds is 3. The van der Waals surface area contributed by atoms with Crippen LogP contribution in [0, 0.1) is 5.92 Å². The number of piperidine rings is 1. The van der Waals surface area contributed by atoms with Crippen molar-refractivity contribution in [2.45, 2.75) is 50.7 Å². The third-order valence-electron chi connectivity index (χ3n) is 4.38. The Balaban J connectivity index is 1.81. The van der Waals surface area contributed by atoms with Crippen molar-refractivity contribution in [2.24, 2.45) is 11.7 Å². The van der Waals surface area contributed by atoms with Crippen LogP contribution in [0.3, 0.4) is 0 Å². The number of likely N-dealkylation sites (tertiary alicyclic amines) is 1. The van der Waals surface area contributed by atoms with E-state index in [-0.39, 0.29) is 0 Å². The zero-order chi connectivity index (χ0) is 12.3. The molecule has 2 aliphatic rings. The lowest BCUT2D eigenvalue weighted by atomic mass is 9.88. The fourth-order valence-electron chi connectivity index (χ4n) is 3.22. The third-order valence-corrected chi connectivity index (χ3v) is 4.71. The van der Waals surface area contributed by atoms with Crippen LogP contribution in [0.25, 0.3) is 0 Å². The van der Waals surface area contributed by atoms with Gasteiger partial charge in [0.15, 0.2) is 0 Å². The smallest absolute Gasteiger partial charge is 0.0759 e. The highest BCUT2D eigenvalue weighted by atomic mass is 32.1. The van der Waals surface area contributed by atoms with Gasteiger partial charge in [0.25, 0.3) is 0 Å². The van der Waals surface area contributed by atoms with Crippen LogP contribution in [-0.2, 0) is 4.74 Å². The van der Waals surface area contributed by atoms with Gasteiger partial charge in [-0.3, -0.25) is 0 Å². The summed E-state index contributed by atoms with van der Waals surface area (Å²) in [6, 6.07) is 0.723. The topological polar surface area (TPSA) is 38.5 Å². The van der Waals surface area contributed by atoms with Crippen molar-refractivity contribution in [1.82, 2.24) is 4.90 Å². The minimum absolute atomic E-state index is 0.474. The van der Waals surface area contributed by atoms with Crippen molar-refractivity contribution in [1.29, 1.82) is 0 Å². The Labute approximate surface area is 110 Å². The molecule has 17 heavy (non-hydrogen) atoms. The molecule has 0 spiro atoms. The van der Waals surface area contributed by atoms with Gasteiger partial charge in [-0.25, -0.2) is 0 Å². The monoisotopic (exact) mass is 256 g/mol. The first-order chi connectivity index (χ1) is 8.20. The Morgan fingerprint density at radius 2 is 1.94 bits per heavy atom. The average molecular weight is 256 g/mol. The Bertz CT molecular complexity index is 264. The van der Waals surface area contributed by atoms with Gasteiger partial charge >= 0.3 is 0 Å². The summed E-state index contributed by atoms with van der Waals surface area (Å²) in [5.41, 5.74) is 5.73. The van der Waals surface area contributed by atoms with Crippen LogP contribution in [-0.4, -0.2) is 42.2 Å². The van der Waals surface area contributed by atoms with E-state index in [9.17, 15) is 0 Å².